The highest BCUT2D eigenvalue weighted by molar-refractivity contribution is 8.00. The zero-order valence-corrected chi connectivity index (χ0v) is 14.7. The number of fused-ring (bicyclic) bond motifs is 1. The van der Waals surface area contributed by atoms with Gasteiger partial charge < -0.3 is 4.74 Å². The van der Waals surface area contributed by atoms with Gasteiger partial charge in [-0.15, -0.1) is 11.8 Å². The van der Waals surface area contributed by atoms with Gasteiger partial charge in [0, 0.05) is 22.8 Å². The van der Waals surface area contributed by atoms with E-state index in [2.05, 4.69) is 23.2 Å². The predicted octanol–water partition coefficient (Wildman–Crippen LogP) is 4.41. The Labute approximate surface area is 150 Å². The highest BCUT2D eigenvalue weighted by atomic mass is 32.2. The Balaban J connectivity index is 1.74. The lowest BCUT2D eigenvalue weighted by atomic mass is 10.1. The molecule has 3 aromatic rings. The second kappa shape index (κ2) is 6.76. The molecule has 0 saturated carbocycles. The van der Waals surface area contributed by atoms with E-state index in [-0.39, 0.29) is 11.3 Å². The van der Waals surface area contributed by atoms with Gasteiger partial charge in [-0.2, -0.15) is 0 Å². The molecule has 0 aliphatic carbocycles. The molecule has 1 amide bonds. The maximum absolute atomic E-state index is 12.6. The normalized spacial score (nSPS) is 17.2. The zero-order chi connectivity index (χ0) is 17.2. The van der Waals surface area contributed by atoms with E-state index in [9.17, 15) is 4.79 Å². The molecule has 4 rings (SSSR count). The smallest absolute Gasteiger partial charge is 0.238 e. The number of pyridine rings is 1. The van der Waals surface area contributed by atoms with E-state index in [1.54, 1.807) is 18.0 Å². The first kappa shape index (κ1) is 16.0. The minimum Gasteiger partial charge on any atom is -0.494 e. The number of aromatic nitrogens is 1. The number of carbonyl (C=O) groups excluding carboxylic acids is 1. The Hall–Kier alpha value is -2.53. The summed E-state index contributed by atoms with van der Waals surface area (Å²) in [5.41, 5.74) is 2.91. The van der Waals surface area contributed by atoms with E-state index in [4.69, 9.17) is 4.74 Å². The summed E-state index contributed by atoms with van der Waals surface area (Å²) in [5, 5.41) is 1.02. The van der Waals surface area contributed by atoms with E-state index in [0.29, 0.717) is 12.4 Å². The predicted molar refractivity (Wildman–Crippen MR) is 102 cm³/mol. The van der Waals surface area contributed by atoms with Crippen LogP contribution in [0.3, 0.4) is 0 Å². The molecule has 0 N–H and O–H groups in total. The standard InChI is InChI=1S/C20H18N2O2S/c1-2-24-16-10-8-15(9-11-16)22-18(23)13-25-20(22)17-7-3-5-14-6-4-12-21-19(14)17/h3-12,20H,2,13H2,1H3. The van der Waals surface area contributed by atoms with E-state index >= 15 is 0 Å². The maximum atomic E-state index is 12.6. The number of thioether (sulfide) groups is 1. The van der Waals surface area contributed by atoms with Crippen molar-refractivity contribution >= 4 is 34.3 Å². The Morgan fingerprint density at radius 1 is 1.16 bits per heavy atom. The molecule has 1 aromatic heterocycles. The van der Waals surface area contributed by atoms with Crippen LogP contribution >= 0.6 is 11.8 Å². The number of hydrogen-bond donors (Lipinski definition) is 0. The van der Waals surface area contributed by atoms with Gasteiger partial charge in [-0.1, -0.05) is 24.3 Å². The average Bonchev–Trinajstić information content (AvgIpc) is 3.03. The molecule has 0 spiro atoms. The van der Waals surface area contributed by atoms with Gasteiger partial charge in [-0.25, -0.2) is 0 Å². The molecule has 2 aromatic carbocycles. The summed E-state index contributed by atoms with van der Waals surface area (Å²) in [6.45, 7) is 2.58. The molecule has 1 atom stereocenters. The van der Waals surface area contributed by atoms with Crippen molar-refractivity contribution in [2.75, 3.05) is 17.3 Å². The molecular formula is C20H18N2O2S. The van der Waals surface area contributed by atoms with Gasteiger partial charge >= 0.3 is 0 Å². The van der Waals surface area contributed by atoms with Crippen molar-refractivity contribution in [1.82, 2.24) is 4.98 Å². The van der Waals surface area contributed by atoms with Crippen molar-refractivity contribution in [2.45, 2.75) is 12.3 Å². The number of benzene rings is 2. The molecule has 1 aliphatic heterocycles. The second-order valence-electron chi connectivity index (χ2n) is 5.78. The summed E-state index contributed by atoms with van der Waals surface area (Å²) in [6, 6.07) is 17.8. The SMILES string of the molecule is CCOc1ccc(N2C(=O)CSC2c2cccc3cccnc23)cc1. The molecule has 25 heavy (non-hydrogen) atoms. The van der Waals surface area contributed by atoms with Crippen molar-refractivity contribution < 1.29 is 9.53 Å². The monoisotopic (exact) mass is 350 g/mol. The first-order valence-corrected chi connectivity index (χ1v) is 9.33. The summed E-state index contributed by atoms with van der Waals surface area (Å²) < 4.78 is 5.50. The molecule has 126 valence electrons. The third kappa shape index (κ3) is 2.96. The van der Waals surface area contributed by atoms with Gasteiger partial charge in [0.1, 0.15) is 11.1 Å². The summed E-state index contributed by atoms with van der Waals surface area (Å²) in [6.07, 6.45) is 1.80. The summed E-state index contributed by atoms with van der Waals surface area (Å²) in [5.74, 6) is 1.40. The minimum absolute atomic E-state index is 0.0657. The Kier molecular flexibility index (Phi) is 4.32. The number of anilines is 1. The molecule has 5 heteroatoms. The van der Waals surface area contributed by atoms with Crippen LogP contribution in [0.4, 0.5) is 5.69 Å². The molecule has 0 bridgehead atoms. The fourth-order valence-corrected chi connectivity index (χ4v) is 4.33. The van der Waals surface area contributed by atoms with E-state index < -0.39 is 0 Å². The van der Waals surface area contributed by atoms with Gasteiger partial charge in [0.25, 0.3) is 0 Å². The summed E-state index contributed by atoms with van der Waals surface area (Å²) in [4.78, 5) is 19.0. The second-order valence-corrected chi connectivity index (χ2v) is 6.84. The Morgan fingerprint density at radius 2 is 1.96 bits per heavy atom. The molecule has 1 saturated heterocycles. The highest BCUT2D eigenvalue weighted by Crippen LogP contribution is 2.43. The van der Waals surface area contributed by atoms with Gasteiger partial charge in [0.15, 0.2) is 0 Å². The van der Waals surface area contributed by atoms with Crippen LogP contribution in [0, 0.1) is 0 Å². The fraction of sp³-hybridized carbons (Fsp3) is 0.200. The lowest BCUT2D eigenvalue weighted by Crippen LogP contribution is -2.27. The molecule has 0 radical (unpaired) electrons. The maximum Gasteiger partial charge on any atom is 0.238 e. The molecule has 1 aliphatic rings. The van der Waals surface area contributed by atoms with Crippen LogP contribution in [0.1, 0.15) is 17.9 Å². The summed E-state index contributed by atoms with van der Waals surface area (Å²) in [7, 11) is 0. The number of amides is 1. The molecule has 1 fully saturated rings. The number of ether oxygens (including phenoxy) is 1. The first-order valence-electron chi connectivity index (χ1n) is 8.28. The van der Waals surface area contributed by atoms with Crippen LogP contribution in [0.2, 0.25) is 0 Å². The van der Waals surface area contributed by atoms with Crippen molar-refractivity contribution in [3.8, 4) is 5.75 Å². The van der Waals surface area contributed by atoms with E-state index in [0.717, 1.165) is 27.9 Å². The van der Waals surface area contributed by atoms with Crippen molar-refractivity contribution in [2.24, 2.45) is 0 Å². The van der Waals surface area contributed by atoms with Gasteiger partial charge in [-0.05, 0) is 37.3 Å². The molecule has 4 nitrogen and oxygen atoms in total. The number of carbonyl (C=O) groups is 1. The lowest BCUT2D eigenvalue weighted by molar-refractivity contribution is -0.115. The van der Waals surface area contributed by atoms with Gasteiger partial charge in [-0.3, -0.25) is 14.7 Å². The van der Waals surface area contributed by atoms with Crippen LogP contribution in [0.15, 0.2) is 60.8 Å². The number of rotatable bonds is 4. The molecular weight excluding hydrogens is 332 g/mol. The lowest BCUT2D eigenvalue weighted by Gasteiger charge is -2.25. The molecule has 2 heterocycles. The van der Waals surface area contributed by atoms with Crippen molar-refractivity contribution in [3.05, 3.63) is 66.4 Å². The topological polar surface area (TPSA) is 42.4 Å². The summed E-state index contributed by atoms with van der Waals surface area (Å²) >= 11 is 1.64. The fourth-order valence-electron chi connectivity index (χ4n) is 3.13. The first-order chi connectivity index (χ1) is 12.3. The van der Waals surface area contributed by atoms with E-state index in [1.807, 2.05) is 48.2 Å². The largest absolute Gasteiger partial charge is 0.494 e. The Bertz CT molecular complexity index is 906. The minimum atomic E-state index is -0.0657. The Morgan fingerprint density at radius 3 is 2.76 bits per heavy atom. The van der Waals surface area contributed by atoms with Crippen LogP contribution in [0.25, 0.3) is 10.9 Å². The van der Waals surface area contributed by atoms with Crippen molar-refractivity contribution in [1.29, 1.82) is 0 Å². The van der Waals surface area contributed by atoms with Crippen LogP contribution in [-0.2, 0) is 4.79 Å². The highest BCUT2D eigenvalue weighted by Gasteiger charge is 2.35. The number of para-hydroxylation sites is 1. The molecule has 1 unspecified atom stereocenters. The van der Waals surface area contributed by atoms with Crippen LogP contribution in [-0.4, -0.2) is 23.3 Å². The van der Waals surface area contributed by atoms with Gasteiger partial charge in [0.2, 0.25) is 5.91 Å². The van der Waals surface area contributed by atoms with Crippen LogP contribution < -0.4 is 9.64 Å². The quantitative estimate of drug-likeness (QED) is 0.699. The zero-order valence-electron chi connectivity index (χ0n) is 13.9. The third-order valence-electron chi connectivity index (χ3n) is 4.22. The third-order valence-corrected chi connectivity index (χ3v) is 5.42. The van der Waals surface area contributed by atoms with Gasteiger partial charge in [0.05, 0.1) is 17.9 Å². The van der Waals surface area contributed by atoms with Crippen molar-refractivity contribution in [3.63, 3.8) is 0 Å². The average molecular weight is 350 g/mol. The van der Waals surface area contributed by atoms with E-state index in [1.165, 1.54) is 0 Å². The number of hydrogen-bond acceptors (Lipinski definition) is 4. The van der Waals surface area contributed by atoms with Crippen LogP contribution in [0.5, 0.6) is 5.75 Å². The number of nitrogens with zero attached hydrogens (tertiary/aromatic N) is 2.